The Hall–Kier alpha value is -3.43. The number of benzene rings is 1. The smallest absolute Gasteiger partial charge is 0.262 e. The van der Waals surface area contributed by atoms with E-state index in [-0.39, 0.29) is 17.9 Å². The molecule has 2 aliphatic rings. The first kappa shape index (κ1) is 24.3. The molecule has 2 aromatic heterocycles. The number of hydrogen-bond acceptors (Lipinski definition) is 8. The van der Waals surface area contributed by atoms with E-state index in [4.69, 9.17) is 10.7 Å². The maximum Gasteiger partial charge on any atom is 0.262 e. The number of thiazole rings is 1. The molecule has 9 heteroatoms. The Morgan fingerprint density at radius 3 is 2.67 bits per heavy atom. The first-order chi connectivity index (χ1) is 17.6. The summed E-state index contributed by atoms with van der Waals surface area (Å²) in [6, 6.07) is 14.0. The molecule has 0 saturated carbocycles. The zero-order valence-corrected chi connectivity index (χ0v) is 21.2. The quantitative estimate of drug-likeness (QED) is 0.367. The molecule has 3 aromatic rings. The largest absolute Gasteiger partial charge is 0.385 e. The number of piperidine rings is 2. The van der Waals surface area contributed by atoms with E-state index < -0.39 is 0 Å². The standard InChI is InChI=1S/C27H33N7OS/c1-18(19-11-15-34(16-12-19)23-10-4-5-14-30-23)31-26(35)24(25(28)32-20-7-6-13-29-17-20)27-33-21-8-2-3-9-22(21)36-27/h2-5,8-10,14,19-20,29,32H,1,6-7,11-13,15-17,28H2,(H,31,35)/b25-24-/t20-/m1/s1. The van der Waals surface area contributed by atoms with Crippen molar-refractivity contribution in [2.75, 3.05) is 31.1 Å². The Kier molecular flexibility index (Phi) is 7.48. The molecule has 5 N–H and O–H groups in total. The van der Waals surface area contributed by atoms with Gasteiger partial charge in [0.2, 0.25) is 0 Å². The number of hydrogen-bond donors (Lipinski definition) is 4. The molecule has 1 atom stereocenters. The van der Waals surface area contributed by atoms with Gasteiger partial charge in [0, 0.05) is 43.5 Å². The molecular weight excluding hydrogens is 470 g/mol. The second-order valence-electron chi connectivity index (χ2n) is 9.39. The third-order valence-electron chi connectivity index (χ3n) is 6.90. The molecule has 0 aliphatic carbocycles. The van der Waals surface area contributed by atoms with Gasteiger partial charge in [0.1, 0.15) is 22.2 Å². The molecule has 2 aliphatic heterocycles. The van der Waals surface area contributed by atoms with E-state index in [1.54, 1.807) is 0 Å². The van der Waals surface area contributed by atoms with Crippen LogP contribution in [0.1, 0.15) is 30.7 Å². The van der Waals surface area contributed by atoms with Crippen molar-refractivity contribution in [2.24, 2.45) is 11.7 Å². The number of carbonyl (C=O) groups is 1. The van der Waals surface area contributed by atoms with Crippen LogP contribution in [0.5, 0.6) is 0 Å². The summed E-state index contributed by atoms with van der Waals surface area (Å²) in [6.07, 6.45) is 5.69. The number of amides is 1. The fourth-order valence-electron chi connectivity index (χ4n) is 4.89. The molecule has 2 fully saturated rings. The van der Waals surface area contributed by atoms with Crippen LogP contribution in [-0.2, 0) is 4.79 Å². The van der Waals surface area contributed by atoms with Gasteiger partial charge in [-0.3, -0.25) is 4.79 Å². The summed E-state index contributed by atoms with van der Waals surface area (Å²) in [6.45, 7) is 7.80. The Bertz CT molecular complexity index is 1210. The van der Waals surface area contributed by atoms with Crippen LogP contribution in [0.15, 0.2) is 66.8 Å². The topological polar surface area (TPSA) is 108 Å². The van der Waals surface area contributed by atoms with Crippen molar-refractivity contribution in [1.29, 1.82) is 0 Å². The normalized spacial score (nSPS) is 19.6. The van der Waals surface area contributed by atoms with E-state index in [1.807, 2.05) is 48.7 Å². The number of aromatic nitrogens is 2. The molecule has 5 rings (SSSR count). The zero-order chi connectivity index (χ0) is 24.9. The Balaban J connectivity index is 1.31. The average Bonchev–Trinajstić information content (AvgIpc) is 3.33. The van der Waals surface area contributed by atoms with Gasteiger partial charge >= 0.3 is 0 Å². The van der Waals surface area contributed by atoms with Crippen LogP contribution < -0.4 is 26.6 Å². The van der Waals surface area contributed by atoms with Gasteiger partial charge in [-0.1, -0.05) is 24.8 Å². The first-order valence-corrected chi connectivity index (χ1v) is 13.4. The first-order valence-electron chi connectivity index (χ1n) is 12.6. The molecule has 0 unspecified atom stereocenters. The fraction of sp³-hybridized carbons (Fsp3) is 0.370. The monoisotopic (exact) mass is 503 g/mol. The number of para-hydroxylation sites is 1. The van der Waals surface area contributed by atoms with Crippen LogP contribution in [0, 0.1) is 5.92 Å². The molecule has 1 aromatic carbocycles. The highest BCUT2D eigenvalue weighted by atomic mass is 32.1. The molecule has 36 heavy (non-hydrogen) atoms. The number of carbonyl (C=O) groups excluding carboxylic acids is 1. The number of fused-ring (bicyclic) bond motifs is 1. The van der Waals surface area contributed by atoms with Gasteiger partial charge in [-0.15, -0.1) is 11.3 Å². The number of pyridine rings is 1. The van der Waals surface area contributed by atoms with E-state index >= 15 is 0 Å². The van der Waals surface area contributed by atoms with Crippen molar-refractivity contribution in [2.45, 2.75) is 31.7 Å². The lowest BCUT2D eigenvalue weighted by atomic mass is 9.93. The van der Waals surface area contributed by atoms with E-state index in [0.717, 1.165) is 73.6 Å². The van der Waals surface area contributed by atoms with Crippen molar-refractivity contribution in [3.63, 3.8) is 0 Å². The van der Waals surface area contributed by atoms with E-state index in [2.05, 4.69) is 32.4 Å². The Labute approximate surface area is 215 Å². The van der Waals surface area contributed by atoms with Gasteiger partial charge in [0.05, 0.1) is 10.2 Å². The zero-order valence-electron chi connectivity index (χ0n) is 20.4. The SMILES string of the molecule is C=C(NC(=O)/C(=C(\N)N[C@@H]1CCCNC1)c1nc2ccccc2s1)C1CCN(c2ccccn2)CC1. The number of nitrogens with two attached hydrogens (primary N) is 1. The average molecular weight is 504 g/mol. The van der Waals surface area contributed by atoms with Crippen molar-refractivity contribution in [1.82, 2.24) is 25.9 Å². The minimum absolute atomic E-state index is 0.176. The molecule has 8 nitrogen and oxygen atoms in total. The molecule has 188 valence electrons. The highest BCUT2D eigenvalue weighted by Gasteiger charge is 2.27. The Morgan fingerprint density at radius 2 is 1.94 bits per heavy atom. The van der Waals surface area contributed by atoms with Crippen LogP contribution in [0.3, 0.4) is 0 Å². The lowest BCUT2D eigenvalue weighted by Gasteiger charge is -2.33. The van der Waals surface area contributed by atoms with Crippen LogP contribution in [0.2, 0.25) is 0 Å². The fourth-order valence-corrected chi connectivity index (χ4v) is 5.91. The van der Waals surface area contributed by atoms with Gasteiger partial charge < -0.3 is 26.6 Å². The summed E-state index contributed by atoms with van der Waals surface area (Å²) in [5.74, 6) is 1.28. The minimum atomic E-state index is -0.264. The second kappa shape index (κ2) is 11.1. The molecule has 1 amide bonds. The van der Waals surface area contributed by atoms with Crippen LogP contribution in [0.25, 0.3) is 15.8 Å². The van der Waals surface area contributed by atoms with Crippen LogP contribution in [-0.4, -0.2) is 48.1 Å². The van der Waals surface area contributed by atoms with Crippen molar-refractivity contribution in [3.05, 3.63) is 71.8 Å². The summed E-state index contributed by atoms with van der Waals surface area (Å²) in [5.41, 5.74) is 8.51. The summed E-state index contributed by atoms with van der Waals surface area (Å²) in [5, 5.41) is 10.4. The number of rotatable bonds is 7. The summed E-state index contributed by atoms with van der Waals surface area (Å²) in [7, 11) is 0. The maximum atomic E-state index is 13.6. The third-order valence-corrected chi connectivity index (χ3v) is 7.95. The van der Waals surface area contributed by atoms with Gasteiger partial charge in [0.15, 0.2) is 0 Å². The lowest BCUT2D eigenvalue weighted by molar-refractivity contribution is -0.115. The lowest BCUT2D eigenvalue weighted by Crippen LogP contribution is -2.45. The van der Waals surface area contributed by atoms with Crippen LogP contribution in [0.4, 0.5) is 5.82 Å². The van der Waals surface area contributed by atoms with Crippen LogP contribution >= 0.6 is 11.3 Å². The number of nitrogens with one attached hydrogen (secondary N) is 3. The maximum absolute atomic E-state index is 13.6. The van der Waals surface area contributed by atoms with Gasteiger partial charge in [-0.2, -0.15) is 0 Å². The second-order valence-corrected chi connectivity index (χ2v) is 10.4. The molecule has 4 heterocycles. The van der Waals surface area contributed by atoms with E-state index in [9.17, 15) is 4.79 Å². The number of allylic oxidation sites excluding steroid dienone is 1. The molecule has 2 saturated heterocycles. The van der Waals surface area contributed by atoms with E-state index in [1.165, 1.54) is 11.3 Å². The van der Waals surface area contributed by atoms with E-state index in [0.29, 0.717) is 16.4 Å². The summed E-state index contributed by atoms with van der Waals surface area (Å²) in [4.78, 5) is 25.1. The predicted molar refractivity (Wildman–Crippen MR) is 146 cm³/mol. The van der Waals surface area contributed by atoms with Crippen molar-refractivity contribution in [3.8, 4) is 0 Å². The van der Waals surface area contributed by atoms with Crippen molar-refractivity contribution < 1.29 is 4.79 Å². The predicted octanol–water partition coefficient (Wildman–Crippen LogP) is 3.21. The molecule has 0 bridgehead atoms. The Morgan fingerprint density at radius 1 is 1.14 bits per heavy atom. The van der Waals surface area contributed by atoms with Crippen molar-refractivity contribution >= 4 is 38.9 Å². The highest BCUT2D eigenvalue weighted by molar-refractivity contribution is 7.19. The summed E-state index contributed by atoms with van der Waals surface area (Å²) >= 11 is 1.48. The number of anilines is 1. The molecule has 0 spiro atoms. The van der Waals surface area contributed by atoms with Gasteiger partial charge in [-0.25, -0.2) is 9.97 Å². The highest BCUT2D eigenvalue weighted by Crippen LogP contribution is 2.30. The summed E-state index contributed by atoms with van der Waals surface area (Å²) < 4.78 is 1.02. The molecule has 0 radical (unpaired) electrons. The number of nitrogens with zero attached hydrogens (tertiary/aromatic N) is 3. The molecular formula is C27H33N7OS. The van der Waals surface area contributed by atoms with Gasteiger partial charge in [-0.05, 0) is 56.5 Å². The minimum Gasteiger partial charge on any atom is -0.385 e. The third kappa shape index (κ3) is 5.52. The van der Waals surface area contributed by atoms with Gasteiger partial charge in [0.25, 0.3) is 5.91 Å².